The molecule has 128 valence electrons. The number of nitrogens with one attached hydrogen (secondary N) is 1. The number of para-hydroxylation sites is 1. The molecule has 3 aromatic rings. The van der Waals surface area contributed by atoms with Crippen LogP contribution in [0.1, 0.15) is 17.9 Å². The van der Waals surface area contributed by atoms with E-state index in [1.807, 2.05) is 31.2 Å². The second kappa shape index (κ2) is 7.21. The summed E-state index contributed by atoms with van der Waals surface area (Å²) >= 11 is 0. The molecule has 0 saturated carbocycles. The van der Waals surface area contributed by atoms with Crippen molar-refractivity contribution in [2.45, 2.75) is 19.8 Å². The van der Waals surface area contributed by atoms with Crippen molar-refractivity contribution in [1.29, 1.82) is 0 Å². The van der Waals surface area contributed by atoms with Crippen LogP contribution in [0, 0.1) is 18.6 Å². The molecule has 25 heavy (non-hydrogen) atoms. The Bertz CT molecular complexity index is 889. The monoisotopic (exact) mass is 343 g/mol. The van der Waals surface area contributed by atoms with E-state index >= 15 is 0 Å². The van der Waals surface area contributed by atoms with Gasteiger partial charge in [0.1, 0.15) is 17.3 Å². The van der Waals surface area contributed by atoms with Crippen LogP contribution in [0.2, 0.25) is 0 Å². The highest BCUT2D eigenvalue weighted by Crippen LogP contribution is 2.19. The summed E-state index contributed by atoms with van der Waals surface area (Å²) in [6, 6.07) is 11.0. The van der Waals surface area contributed by atoms with E-state index < -0.39 is 23.2 Å². The Labute approximate surface area is 142 Å². The molecule has 5 nitrogen and oxygen atoms in total. The average Bonchev–Trinajstić information content (AvgIpc) is 3.06. The Kier molecular flexibility index (Phi) is 4.83. The lowest BCUT2D eigenvalue weighted by molar-refractivity contribution is -0.116. The first-order valence-electron chi connectivity index (χ1n) is 7.66. The molecule has 0 unspecified atom stereocenters. The van der Waals surface area contributed by atoms with Gasteiger partial charge in [0, 0.05) is 18.4 Å². The smallest absolute Gasteiger partial charge is 0.227 e. The fourth-order valence-corrected chi connectivity index (χ4v) is 2.30. The highest BCUT2D eigenvalue weighted by molar-refractivity contribution is 5.91. The minimum absolute atomic E-state index is 0.0385. The fraction of sp³-hybridized carbons (Fsp3) is 0.167. The zero-order valence-electron chi connectivity index (χ0n) is 13.4. The van der Waals surface area contributed by atoms with E-state index in [0.29, 0.717) is 5.82 Å². The molecule has 1 amide bonds. The van der Waals surface area contributed by atoms with Gasteiger partial charge in [-0.1, -0.05) is 35.0 Å². The van der Waals surface area contributed by atoms with Crippen LogP contribution < -0.4 is 5.32 Å². The van der Waals surface area contributed by atoms with E-state index in [2.05, 4.69) is 15.5 Å². The quantitative estimate of drug-likeness (QED) is 0.763. The number of carbonyl (C=O) groups is 1. The summed E-state index contributed by atoms with van der Waals surface area (Å²) in [5, 5.41) is 6.10. The molecule has 0 aliphatic rings. The summed E-state index contributed by atoms with van der Waals surface area (Å²) < 4.78 is 32.1. The third-order valence-corrected chi connectivity index (χ3v) is 3.54. The van der Waals surface area contributed by atoms with Gasteiger partial charge in [-0.15, -0.1) is 0 Å². The number of amides is 1. The van der Waals surface area contributed by atoms with Crippen molar-refractivity contribution in [3.63, 3.8) is 0 Å². The molecule has 7 heteroatoms. The molecule has 1 aromatic heterocycles. The van der Waals surface area contributed by atoms with Crippen LogP contribution in [0.5, 0.6) is 0 Å². The zero-order valence-corrected chi connectivity index (χ0v) is 13.4. The normalized spacial score (nSPS) is 10.7. The first-order chi connectivity index (χ1) is 12.0. The van der Waals surface area contributed by atoms with Gasteiger partial charge in [0.05, 0.1) is 0 Å². The molecule has 1 N–H and O–H groups in total. The number of anilines is 1. The van der Waals surface area contributed by atoms with E-state index in [4.69, 9.17) is 4.52 Å². The van der Waals surface area contributed by atoms with Crippen molar-refractivity contribution in [1.82, 2.24) is 10.1 Å². The van der Waals surface area contributed by atoms with Crippen LogP contribution in [-0.4, -0.2) is 16.0 Å². The summed E-state index contributed by atoms with van der Waals surface area (Å²) in [5.74, 6) is -1.49. The van der Waals surface area contributed by atoms with E-state index in [1.54, 1.807) is 0 Å². The maximum Gasteiger partial charge on any atom is 0.227 e. The molecular weight excluding hydrogens is 328 g/mol. The second-order valence-corrected chi connectivity index (χ2v) is 5.53. The highest BCUT2D eigenvalue weighted by Gasteiger charge is 2.14. The SMILES string of the molecule is Cc1cccc(-c2noc(CCC(=O)Nc3c(F)cccc3F)n2)c1. The van der Waals surface area contributed by atoms with E-state index in [0.717, 1.165) is 23.3 Å². The summed E-state index contributed by atoms with van der Waals surface area (Å²) in [7, 11) is 0. The zero-order chi connectivity index (χ0) is 17.8. The van der Waals surface area contributed by atoms with Gasteiger partial charge in [-0.3, -0.25) is 4.79 Å². The van der Waals surface area contributed by atoms with E-state index in [1.165, 1.54) is 6.07 Å². The van der Waals surface area contributed by atoms with Gasteiger partial charge in [-0.05, 0) is 25.1 Å². The van der Waals surface area contributed by atoms with Gasteiger partial charge in [-0.25, -0.2) is 8.78 Å². The Morgan fingerprint density at radius 1 is 1.16 bits per heavy atom. The number of hydrogen-bond acceptors (Lipinski definition) is 4. The molecule has 0 fully saturated rings. The minimum atomic E-state index is -0.826. The number of aryl methyl sites for hydroxylation is 2. The Morgan fingerprint density at radius 3 is 2.60 bits per heavy atom. The lowest BCUT2D eigenvalue weighted by Crippen LogP contribution is -2.14. The molecule has 0 atom stereocenters. The molecule has 1 heterocycles. The number of aromatic nitrogens is 2. The Hall–Kier alpha value is -3.09. The first kappa shape index (κ1) is 16.8. The van der Waals surface area contributed by atoms with Gasteiger partial charge >= 0.3 is 0 Å². The highest BCUT2D eigenvalue weighted by atomic mass is 19.1. The minimum Gasteiger partial charge on any atom is -0.339 e. The van der Waals surface area contributed by atoms with Gasteiger partial charge in [0.2, 0.25) is 17.6 Å². The molecule has 0 saturated heterocycles. The maximum atomic E-state index is 13.5. The van der Waals surface area contributed by atoms with Gasteiger partial charge in [0.25, 0.3) is 0 Å². The number of carbonyl (C=O) groups excluding carboxylic acids is 1. The summed E-state index contributed by atoms with van der Waals surface area (Å²) in [6.45, 7) is 1.96. The summed E-state index contributed by atoms with van der Waals surface area (Å²) in [4.78, 5) is 16.1. The topological polar surface area (TPSA) is 68.0 Å². The van der Waals surface area contributed by atoms with Crippen LogP contribution in [0.4, 0.5) is 14.5 Å². The molecule has 0 aliphatic heterocycles. The second-order valence-electron chi connectivity index (χ2n) is 5.53. The average molecular weight is 343 g/mol. The van der Waals surface area contributed by atoms with Crippen molar-refractivity contribution in [2.75, 3.05) is 5.32 Å². The number of benzene rings is 2. The van der Waals surface area contributed by atoms with Gasteiger partial charge < -0.3 is 9.84 Å². The van der Waals surface area contributed by atoms with Gasteiger partial charge in [0.15, 0.2) is 0 Å². The number of hydrogen-bond donors (Lipinski definition) is 1. The molecule has 0 bridgehead atoms. The van der Waals surface area contributed by atoms with Crippen LogP contribution in [0.25, 0.3) is 11.4 Å². The summed E-state index contributed by atoms with van der Waals surface area (Å²) in [6.07, 6.45) is 0.129. The third-order valence-electron chi connectivity index (χ3n) is 3.54. The fourth-order valence-electron chi connectivity index (χ4n) is 2.30. The molecule has 0 radical (unpaired) electrons. The Balaban J connectivity index is 1.61. The Morgan fingerprint density at radius 2 is 1.88 bits per heavy atom. The summed E-state index contributed by atoms with van der Waals surface area (Å²) in [5.41, 5.74) is 1.42. The van der Waals surface area contributed by atoms with Crippen molar-refractivity contribution >= 4 is 11.6 Å². The first-order valence-corrected chi connectivity index (χ1v) is 7.66. The lowest BCUT2D eigenvalue weighted by atomic mass is 10.1. The van der Waals surface area contributed by atoms with Gasteiger partial charge in [-0.2, -0.15) is 4.98 Å². The standard InChI is InChI=1S/C18H15F2N3O2/c1-11-4-2-5-12(10-11)18-22-16(25-23-18)9-8-15(24)21-17-13(19)6-3-7-14(17)20/h2-7,10H,8-9H2,1H3,(H,21,24). The third kappa shape index (κ3) is 4.06. The van der Waals surface area contributed by atoms with Crippen LogP contribution in [-0.2, 0) is 11.2 Å². The number of nitrogens with zero attached hydrogens (tertiary/aromatic N) is 2. The molecule has 0 spiro atoms. The van der Waals surface area contributed by atoms with Crippen molar-refractivity contribution in [3.05, 3.63) is 65.6 Å². The lowest BCUT2D eigenvalue weighted by Gasteiger charge is -2.06. The molecule has 0 aliphatic carbocycles. The maximum absolute atomic E-state index is 13.5. The van der Waals surface area contributed by atoms with Crippen molar-refractivity contribution in [2.24, 2.45) is 0 Å². The predicted molar refractivity (Wildman–Crippen MR) is 87.8 cm³/mol. The largest absolute Gasteiger partial charge is 0.339 e. The van der Waals surface area contributed by atoms with Crippen molar-refractivity contribution < 1.29 is 18.1 Å². The molecule has 3 rings (SSSR count). The van der Waals surface area contributed by atoms with Crippen LogP contribution in [0.15, 0.2) is 47.0 Å². The number of rotatable bonds is 5. The molecular formula is C18H15F2N3O2. The van der Waals surface area contributed by atoms with E-state index in [9.17, 15) is 13.6 Å². The van der Waals surface area contributed by atoms with E-state index in [-0.39, 0.29) is 18.7 Å². The predicted octanol–water partition coefficient (Wildman–Crippen LogP) is 3.89. The number of halogens is 2. The molecule has 2 aromatic carbocycles. The van der Waals surface area contributed by atoms with Crippen molar-refractivity contribution in [3.8, 4) is 11.4 Å². The van der Waals surface area contributed by atoms with Crippen LogP contribution in [0.3, 0.4) is 0 Å². The van der Waals surface area contributed by atoms with Crippen LogP contribution >= 0.6 is 0 Å².